The van der Waals surface area contributed by atoms with Crippen LogP contribution in [0, 0.1) is 5.82 Å². The summed E-state index contributed by atoms with van der Waals surface area (Å²) in [7, 11) is 0. The normalized spacial score (nSPS) is 13.6. The number of benzene rings is 2. The largest absolute Gasteiger partial charge is 0.439 e. The fraction of sp³-hybridized carbons (Fsp3) is 0.238. The Bertz CT molecular complexity index is 877. The van der Waals surface area contributed by atoms with E-state index >= 15 is 0 Å². The van der Waals surface area contributed by atoms with Crippen molar-refractivity contribution in [2.75, 3.05) is 23.3 Å². The first kappa shape index (κ1) is 17.3. The fourth-order valence-corrected chi connectivity index (χ4v) is 3.09. The van der Waals surface area contributed by atoms with Crippen molar-refractivity contribution >= 4 is 11.6 Å². The molecule has 3 aromatic rings. The molecule has 2 aromatic carbocycles. The molecule has 0 amide bonds. The highest BCUT2D eigenvalue weighted by atomic mass is 19.1. The molecule has 138 valence electrons. The molecule has 27 heavy (non-hydrogen) atoms. The van der Waals surface area contributed by atoms with Gasteiger partial charge >= 0.3 is 0 Å². The quantitative estimate of drug-likeness (QED) is 0.692. The minimum absolute atomic E-state index is 0.303. The Balaban J connectivity index is 1.36. The van der Waals surface area contributed by atoms with Crippen LogP contribution >= 0.6 is 0 Å². The van der Waals surface area contributed by atoms with E-state index in [1.807, 2.05) is 0 Å². The maximum Gasteiger partial charge on any atom is 0.226 e. The van der Waals surface area contributed by atoms with Crippen LogP contribution in [0.5, 0.6) is 11.6 Å². The van der Waals surface area contributed by atoms with Gasteiger partial charge < -0.3 is 15.0 Å². The number of nitrogens with one attached hydrogen (secondary N) is 1. The van der Waals surface area contributed by atoms with Gasteiger partial charge in [0, 0.05) is 37.6 Å². The van der Waals surface area contributed by atoms with Crippen LogP contribution in [-0.4, -0.2) is 23.1 Å². The summed E-state index contributed by atoms with van der Waals surface area (Å²) >= 11 is 0. The van der Waals surface area contributed by atoms with Crippen LogP contribution < -0.4 is 15.0 Å². The van der Waals surface area contributed by atoms with Crippen molar-refractivity contribution in [3.63, 3.8) is 0 Å². The second-order valence-electron chi connectivity index (χ2n) is 6.49. The topological polar surface area (TPSA) is 50.3 Å². The molecule has 0 bridgehead atoms. The van der Waals surface area contributed by atoms with Gasteiger partial charge in [-0.25, -0.2) is 9.37 Å². The number of halogens is 1. The molecule has 1 aliphatic heterocycles. The van der Waals surface area contributed by atoms with Gasteiger partial charge in [-0.2, -0.15) is 4.98 Å². The molecule has 2 heterocycles. The molecule has 1 N–H and O–H groups in total. The molecule has 6 heteroatoms. The lowest BCUT2D eigenvalue weighted by Gasteiger charge is -2.17. The van der Waals surface area contributed by atoms with Crippen LogP contribution in [0.1, 0.15) is 18.4 Å². The zero-order chi connectivity index (χ0) is 18.5. The number of hydrogen-bond donors (Lipinski definition) is 1. The number of nitrogens with zero attached hydrogens (tertiary/aromatic N) is 3. The van der Waals surface area contributed by atoms with E-state index in [9.17, 15) is 4.39 Å². The second-order valence-corrected chi connectivity index (χ2v) is 6.49. The highest BCUT2D eigenvalue weighted by molar-refractivity contribution is 5.48. The lowest BCUT2D eigenvalue weighted by Crippen LogP contribution is -2.17. The van der Waals surface area contributed by atoms with Gasteiger partial charge in [0.25, 0.3) is 0 Å². The molecule has 0 unspecified atom stereocenters. The highest BCUT2D eigenvalue weighted by Crippen LogP contribution is 2.22. The molecule has 0 radical (unpaired) electrons. The minimum Gasteiger partial charge on any atom is -0.439 e. The lowest BCUT2D eigenvalue weighted by atomic mass is 10.2. The lowest BCUT2D eigenvalue weighted by molar-refractivity contribution is 0.460. The van der Waals surface area contributed by atoms with Gasteiger partial charge in [-0.3, -0.25) is 0 Å². The Morgan fingerprint density at radius 1 is 0.963 bits per heavy atom. The number of rotatable bonds is 6. The monoisotopic (exact) mass is 364 g/mol. The van der Waals surface area contributed by atoms with Crippen molar-refractivity contribution in [2.24, 2.45) is 0 Å². The molecule has 5 nitrogen and oxygen atoms in total. The first-order valence-electron chi connectivity index (χ1n) is 9.10. The molecule has 1 fully saturated rings. The number of hydrogen-bond acceptors (Lipinski definition) is 5. The van der Waals surface area contributed by atoms with E-state index in [1.165, 1.54) is 30.7 Å². The number of ether oxygens (including phenoxy) is 1. The van der Waals surface area contributed by atoms with Crippen LogP contribution in [0.2, 0.25) is 0 Å². The Hall–Kier alpha value is -3.15. The standard InChI is InChI=1S/C21H21FN4O/c22-17-5-9-19(10-6-17)27-20-11-12-23-21(25-20)24-15-16-3-7-18(8-4-16)26-13-1-2-14-26/h3-12H,1-2,13-15H2,(H,23,24,25). The molecule has 0 aliphatic carbocycles. The van der Waals surface area contributed by atoms with E-state index < -0.39 is 0 Å². The van der Waals surface area contributed by atoms with Crippen molar-refractivity contribution in [3.05, 3.63) is 72.2 Å². The predicted molar refractivity (Wildman–Crippen MR) is 104 cm³/mol. The van der Waals surface area contributed by atoms with Crippen molar-refractivity contribution in [1.82, 2.24) is 9.97 Å². The molecule has 1 aromatic heterocycles. The zero-order valence-electron chi connectivity index (χ0n) is 14.9. The van der Waals surface area contributed by atoms with Gasteiger partial charge in [-0.05, 0) is 54.8 Å². The Labute approximate surface area is 157 Å². The summed E-state index contributed by atoms with van der Waals surface area (Å²) in [6.45, 7) is 2.92. The molecule has 1 saturated heterocycles. The third-order valence-corrected chi connectivity index (χ3v) is 4.52. The van der Waals surface area contributed by atoms with E-state index in [2.05, 4.69) is 44.5 Å². The Morgan fingerprint density at radius 3 is 2.44 bits per heavy atom. The maximum atomic E-state index is 13.0. The summed E-state index contributed by atoms with van der Waals surface area (Å²) in [6.07, 6.45) is 4.18. The van der Waals surface area contributed by atoms with Gasteiger partial charge in [0.05, 0.1) is 0 Å². The molecule has 0 spiro atoms. The highest BCUT2D eigenvalue weighted by Gasteiger charge is 2.11. The molecule has 4 rings (SSSR count). The van der Waals surface area contributed by atoms with E-state index in [4.69, 9.17) is 4.74 Å². The Kier molecular flexibility index (Phi) is 5.14. The van der Waals surface area contributed by atoms with E-state index in [1.54, 1.807) is 24.4 Å². The van der Waals surface area contributed by atoms with Crippen molar-refractivity contribution in [3.8, 4) is 11.6 Å². The van der Waals surface area contributed by atoms with Crippen LogP contribution in [0.4, 0.5) is 16.0 Å². The van der Waals surface area contributed by atoms with Gasteiger partial charge in [0.15, 0.2) is 0 Å². The van der Waals surface area contributed by atoms with E-state index in [0.717, 1.165) is 18.7 Å². The van der Waals surface area contributed by atoms with Crippen molar-refractivity contribution < 1.29 is 9.13 Å². The molecule has 0 saturated carbocycles. The summed E-state index contributed by atoms with van der Waals surface area (Å²) in [5.74, 6) is 1.11. The average molecular weight is 364 g/mol. The zero-order valence-corrected chi connectivity index (χ0v) is 14.9. The first-order valence-corrected chi connectivity index (χ1v) is 9.10. The van der Waals surface area contributed by atoms with Crippen molar-refractivity contribution in [1.29, 1.82) is 0 Å². The number of anilines is 2. The SMILES string of the molecule is Fc1ccc(Oc2ccnc(NCc3ccc(N4CCCC4)cc3)n2)cc1. The Morgan fingerprint density at radius 2 is 1.70 bits per heavy atom. The van der Waals surface area contributed by atoms with Crippen LogP contribution in [0.15, 0.2) is 60.8 Å². The summed E-state index contributed by atoms with van der Waals surface area (Å²) in [5.41, 5.74) is 2.44. The summed E-state index contributed by atoms with van der Waals surface area (Å²) in [5, 5.41) is 3.21. The fourth-order valence-electron chi connectivity index (χ4n) is 3.09. The molecular formula is C21H21FN4O. The average Bonchev–Trinajstić information content (AvgIpc) is 3.24. The number of aromatic nitrogens is 2. The van der Waals surface area contributed by atoms with Crippen LogP contribution in [0.3, 0.4) is 0 Å². The van der Waals surface area contributed by atoms with E-state index in [0.29, 0.717) is 24.1 Å². The van der Waals surface area contributed by atoms with E-state index in [-0.39, 0.29) is 5.82 Å². The van der Waals surface area contributed by atoms with Crippen LogP contribution in [-0.2, 0) is 6.54 Å². The van der Waals surface area contributed by atoms with Crippen LogP contribution in [0.25, 0.3) is 0 Å². The third kappa shape index (κ3) is 4.53. The summed E-state index contributed by atoms with van der Waals surface area (Å²) in [4.78, 5) is 11.0. The summed E-state index contributed by atoms with van der Waals surface area (Å²) < 4.78 is 18.6. The molecule has 1 aliphatic rings. The minimum atomic E-state index is -0.303. The first-order chi connectivity index (χ1) is 13.3. The maximum absolute atomic E-state index is 13.0. The van der Waals surface area contributed by atoms with Gasteiger partial charge in [0.2, 0.25) is 11.8 Å². The smallest absolute Gasteiger partial charge is 0.226 e. The predicted octanol–water partition coefficient (Wildman–Crippen LogP) is 4.62. The summed E-state index contributed by atoms with van der Waals surface area (Å²) in [6, 6.07) is 16.1. The molecular weight excluding hydrogens is 343 g/mol. The van der Waals surface area contributed by atoms with Gasteiger partial charge in [-0.1, -0.05) is 12.1 Å². The molecule has 0 atom stereocenters. The van der Waals surface area contributed by atoms with Gasteiger partial charge in [-0.15, -0.1) is 0 Å². The van der Waals surface area contributed by atoms with Crippen molar-refractivity contribution in [2.45, 2.75) is 19.4 Å². The third-order valence-electron chi connectivity index (χ3n) is 4.52. The van der Waals surface area contributed by atoms with Gasteiger partial charge in [0.1, 0.15) is 11.6 Å². The second kappa shape index (κ2) is 8.03.